The molecule has 9 rings (SSSR count). The summed E-state index contributed by atoms with van der Waals surface area (Å²) >= 11 is 0. The molecule has 3 aromatic heterocycles. The minimum absolute atomic E-state index is 0. The average Bonchev–Trinajstić information content (AvgIpc) is 4.09. The molecule has 0 fully saturated rings. The number of nitrogens with zero attached hydrogens (tertiary/aromatic N) is 4. The van der Waals surface area contributed by atoms with E-state index in [0.717, 1.165) is 117 Å². The van der Waals surface area contributed by atoms with Crippen LogP contribution in [0.3, 0.4) is 0 Å². The zero-order valence-electron chi connectivity index (χ0n) is 41.8. The first-order chi connectivity index (χ1) is 32.2. The third-order valence-corrected chi connectivity index (χ3v) is 14.6. The Kier molecular flexibility index (Phi) is 13.3. The Hall–Kier alpha value is -6.19. The van der Waals surface area contributed by atoms with E-state index in [1.807, 2.05) is 77.9 Å². The summed E-state index contributed by atoms with van der Waals surface area (Å²) in [6.45, 7) is 24.2. The summed E-state index contributed by atoms with van der Waals surface area (Å²) in [5, 5.41) is 0.466. The molecule has 5 heterocycles. The monoisotopic (exact) mass is 976 g/mol. The Morgan fingerprint density at radius 1 is 0.478 bits per heavy atom. The number of hydrogen-bond acceptors (Lipinski definition) is 5. The molecule has 0 amide bonds. The van der Waals surface area contributed by atoms with E-state index in [9.17, 15) is 4.57 Å². The first-order valence-electron chi connectivity index (χ1n) is 23.1. The molecule has 0 aliphatic carbocycles. The molecule has 2 aliphatic heterocycles. The molecule has 8 bridgehead atoms. The van der Waals surface area contributed by atoms with Gasteiger partial charge in [-0.3, -0.25) is 13.6 Å². The van der Waals surface area contributed by atoms with Gasteiger partial charge in [-0.1, -0.05) is 89.8 Å². The predicted octanol–water partition coefficient (Wildman–Crippen LogP) is 14.9. The summed E-state index contributed by atoms with van der Waals surface area (Å²) < 4.78 is 27.2. The smallest absolute Gasteiger partial charge is 0.657 e. The summed E-state index contributed by atoms with van der Waals surface area (Å²) in [5.74, 6) is 2.77. The van der Waals surface area contributed by atoms with E-state index >= 15 is 0 Å². The number of aromatic nitrogens is 4. The molecule has 7 nitrogen and oxygen atoms in total. The van der Waals surface area contributed by atoms with Gasteiger partial charge in [0.1, 0.15) is 0 Å². The van der Waals surface area contributed by atoms with Crippen LogP contribution in [0.5, 0.6) is 0 Å². The van der Waals surface area contributed by atoms with E-state index in [4.69, 9.17) is 35.4 Å². The van der Waals surface area contributed by atoms with Gasteiger partial charge in [0, 0.05) is 5.56 Å². The van der Waals surface area contributed by atoms with Crippen molar-refractivity contribution >= 4 is 59.3 Å². The van der Waals surface area contributed by atoms with Gasteiger partial charge in [-0.2, -0.15) is 0 Å². The minimum Gasteiger partial charge on any atom is -0.657 e. The third kappa shape index (κ3) is 9.85. The molecule has 0 saturated heterocycles. The summed E-state index contributed by atoms with van der Waals surface area (Å²) in [4.78, 5) is 22.0. The standard InChI is InChI=1S/C60H57N4O3P.Zn/c1-14-41-15-17-42(18-16-41)55-45-23-27-49(61-45)57(53-37(4)31-35(2)32-38(53)5)51-29-25-47(63-51)56(43-19-21-44(22-20-43)68(65,66-59(8,9)10)67-60(11,12)13)48-26-30-52(64-48)58(50-28-24-46(55)62-50)54-39(6)33-36(3)34-40(54)7;/h1,15-34H,2-13H3;/q-2;+2. The Bertz CT molecular complexity index is 3400. The van der Waals surface area contributed by atoms with Gasteiger partial charge >= 0.3 is 27.1 Å². The molecular formula is C60H57N4O3PZn. The topological polar surface area (TPSA) is 89.5 Å². The maximum absolute atomic E-state index is 14.7. The number of rotatable bonds is 7. The van der Waals surface area contributed by atoms with Crippen LogP contribution in [0.1, 0.15) is 103 Å². The van der Waals surface area contributed by atoms with Gasteiger partial charge in [-0.15, -0.1) is 28.5 Å². The van der Waals surface area contributed by atoms with Crippen molar-refractivity contribution in [2.45, 2.75) is 94.3 Å². The Balaban J connectivity index is 0.00000642. The number of aryl methyl sites for hydroxylation is 6. The van der Waals surface area contributed by atoms with E-state index in [1.54, 1.807) is 0 Å². The molecule has 7 aromatic rings. The molecule has 0 radical (unpaired) electrons. The molecular weight excluding hydrogens is 921 g/mol. The Morgan fingerprint density at radius 2 is 0.797 bits per heavy atom. The second kappa shape index (κ2) is 18.6. The second-order valence-electron chi connectivity index (χ2n) is 20.1. The predicted molar refractivity (Wildman–Crippen MR) is 284 cm³/mol. The van der Waals surface area contributed by atoms with Crippen LogP contribution in [0.25, 0.3) is 90.9 Å². The molecule has 0 atom stereocenters. The average molecular weight is 979 g/mol. The van der Waals surface area contributed by atoms with E-state index in [1.165, 1.54) is 11.1 Å². The quantitative estimate of drug-likeness (QED) is 0.0893. The molecule has 0 unspecified atom stereocenters. The van der Waals surface area contributed by atoms with E-state index in [0.29, 0.717) is 5.30 Å². The molecule has 2 aliphatic rings. The van der Waals surface area contributed by atoms with E-state index < -0.39 is 18.8 Å². The number of hydrogen-bond donors (Lipinski definition) is 0. The van der Waals surface area contributed by atoms with Crippen molar-refractivity contribution < 1.29 is 33.1 Å². The van der Waals surface area contributed by atoms with Gasteiger partial charge in [-0.05, 0) is 198 Å². The zero-order chi connectivity index (χ0) is 48.4. The molecule has 0 spiro atoms. The van der Waals surface area contributed by atoms with Crippen LogP contribution in [-0.4, -0.2) is 21.2 Å². The SMILES string of the molecule is C#Cc1ccc(-c2c3nc(c(-c4c(C)cc(C)cc4C)c4ccc([n-]4)c(-c4ccc(P(=O)(OC(C)(C)C)OC(C)(C)C)cc4)c4nc(c(-c5c(C)cc(C)cc5C)c5ccc2[n-]5)C=C4)C=C3)cc1.[Zn+2]. The summed E-state index contributed by atoms with van der Waals surface area (Å²) in [7, 11) is -3.78. The van der Waals surface area contributed by atoms with E-state index in [-0.39, 0.29) is 19.5 Å². The first kappa shape index (κ1) is 49.2. The van der Waals surface area contributed by atoms with Gasteiger partial charge in [0.05, 0.1) is 39.3 Å². The fourth-order valence-electron chi connectivity index (χ4n) is 9.73. The summed E-state index contributed by atoms with van der Waals surface area (Å²) in [6.07, 6.45) is 14.2. The van der Waals surface area contributed by atoms with Gasteiger partial charge in [0.25, 0.3) is 0 Å². The molecule has 69 heavy (non-hydrogen) atoms. The Morgan fingerprint density at radius 3 is 1.13 bits per heavy atom. The molecule has 9 heteroatoms. The molecule has 0 N–H and O–H groups in total. The molecule has 342 valence electrons. The van der Waals surface area contributed by atoms with E-state index in [2.05, 4.69) is 132 Å². The summed E-state index contributed by atoms with van der Waals surface area (Å²) in [5.41, 5.74) is 19.9. The van der Waals surface area contributed by atoms with Crippen molar-refractivity contribution in [2.24, 2.45) is 0 Å². The van der Waals surface area contributed by atoms with Crippen LogP contribution in [-0.2, 0) is 33.1 Å². The molecule has 4 aromatic carbocycles. The maximum Gasteiger partial charge on any atom is 2.00 e. The Labute approximate surface area is 419 Å². The number of benzene rings is 4. The van der Waals surface area contributed by atoms with Crippen LogP contribution in [0, 0.1) is 53.9 Å². The van der Waals surface area contributed by atoms with Crippen molar-refractivity contribution in [1.82, 2.24) is 19.9 Å². The van der Waals surface area contributed by atoms with Gasteiger partial charge < -0.3 is 9.97 Å². The maximum atomic E-state index is 14.7. The van der Waals surface area contributed by atoms with Gasteiger partial charge in [0.15, 0.2) is 0 Å². The van der Waals surface area contributed by atoms with Crippen molar-refractivity contribution in [3.63, 3.8) is 0 Å². The fraction of sp³-hybridized carbons (Fsp3) is 0.233. The van der Waals surface area contributed by atoms with Gasteiger partial charge in [-0.25, -0.2) is 9.97 Å². The molecule has 0 saturated carbocycles. The van der Waals surface area contributed by atoms with Crippen molar-refractivity contribution in [1.29, 1.82) is 0 Å². The number of terminal acetylenes is 1. The summed E-state index contributed by atoms with van der Waals surface area (Å²) in [6, 6.07) is 32.9. The van der Waals surface area contributed by atoms with Crippen LogP contribution in [0.15, 0.2) is 97.1 Å². The minimum atomic E-state index is -3.78. The van der Waals surface area contributed by atoms with Crippen molar-refractivity contribution in [3.05, 3.63) is 159 Å². The van der Waals surface area contributed by atoms with Crippen LogP contribution < -0.4 is 15.3 Å². The largest absolute Gasteiger partial charge is 2.00 e. The zero-order valence-corrected chi connectivity index (χ0v) is 45.7. The van der Waals surface area contributed by atoms with Gasteiger partial charge in [0.2, 0.25) is 0 Å². The third-order valence-electron chi connectivity index (χ3n) is 12.1. The fourth-order valence-corrected chi connectivity index (χ4v) is 11.9. The van der Waals surface area contributed by atoms with Crippen LogP contribution >= 0.6 is 7.60 Å². The van der Waals surface area contributed by atoms with Crippen LogP contribution in [0.4, 0.5) is 0 Å². The van der Waals surface area contributed by atoms with Crippen molar-refractivity contribution in [3.8, 4) is 56.9 Å². The first-order valence-corrected chi connectivity index (χ1v) is 24.6. The van der Waals surface area contributed by atoms with Crippen molar-refractivity contribution in [2.75, 3.05) is 0 Å². The number of fused-ring (bicyclic) bond motifs is 8. The second-order valence-corrected chi connectivity index (χ2v) is 22.0. The van der Waals surface area contributed by atoms with Crippen LogP contribution in [0.2, 0.25) is 0 Å². The normalized spacial score (nSPS) is 12.6.